The molecule has 0 atom stereocenters. The van der Waals surface area contributed by atoms with Crippen LogP contribution in [-0.2, 0) is 0 Å². The van der Waals surface area contributed by atoms with Gasteiger partial charge in [0.25, 0.3) is 0 Å². The molecule has 0 bridgehead atoms. The lowest BCUT2D eigenvalue weighted by Crippen LogP contribution is -2.09. The summed E-state index contributed by atoms with van der Waals surface area (Å²) in [6.45, 7) is 0. The predicted molar refractivity (Wildman–Crippen MR) is 135 cm³/mol. The largest absolute Gasteiger partial charge is 0.366 e. The lowest BCUT2D eigenvalue weighted by molar-refractivity contribution is 0.0992. The topological polar surface area (TPSA) is 86.2 Å². The summed E-state index contributed by atoms with van der Waals surface area (Å²) in [7, 11) is 3.58. The number of rotatable bonds is 5. The second-order valence-electron chi connectivity index (χ2n) is 6.25. The molecule has 0 aromatic heterocycles. The molecule has 0 unspecified atom stereocenters. The third-order valence-corrected chi connectivity index (χ3v) is 6.25. The van der Waals surface area contributed by atoms with E-state index in [4.69, 9.17) is 11.5 Å². The van der Waals surface area contributed by atoms with Gasteiger partial charge in [-0.2, -0.15) is 0 Å². The molecule has 0 heterocycles. The van der Waals surface area contributed by atoms with Crippen LogP contribution in [0, 0.1) is 0 Å². The first-order valence-corrected chi connectivity index (χ1v) is 11.9. The summed E-state index contributed by atoms with van der Waals surface area (Å²) in [5.41, 5.74) is 11.1. The zero-order valence-corrected chi connectivity index (χ0v) is 19.0. The Morgan fingerprint density at radius 3 is 0.906 bits per heavy atom. The molecule has 0 saturated carbocycles. The van der Waals surface area contributed by atoms with Gasteiger partial charge in [0, 0.05) is 20.9 Å². The summed E-state index contributed by atoms with van der Waals surface area (Å²) < 4.78 is 0. The van der Waals surface area contributed by atoms with Crippen molar-refractivity contribution < 1.29 is 9.59 Å². The fourth-order valence-corrected chi connectivity index (χ4v) is 4.23. The number of primary amides is 2. The molecule has 6 heteroatoms. The van der Waals surface area contributed by atoms with Crippen LogP contribution in [0.3, 0.4) is 0 Å². The van der Waals surface area contributed by atoms with E-state index in [0.717, 1.165) is 0 Å². The van der Waals surface area contributed by atoms with Crippen LogP contribution in [0.4, 0.5) is 0 Å². The van der Waals surface area contributed by atoms with E-state index in [1.165, 1.54) is 9.79 Å². The van der Waals surface area contributed by atoms with Gasteiger partial charge in [-0.1, -0.05) is 94.4 Å². The molecule has 4 aromatic carbocycles. The monoisotopic (exact) mass is 460 g/mol. The zero-order chi connectivity index (χ0) is 23.0. The Labute approximate surface area is 196 Å². The normalized spacial score (nSPS) is 9.38. The Balaban J connectivity index is 0.000000178. The maximum absolute atomic E-state index is 10.4. The van der Waals surface area contributed by atoms with E-state index in [9.17, 15) is 9.59 Å². The minimum Gasteiger partial charge on any atom is -0.366 e. The lowest BCUT2D eigenvalue weighted by atomic mass is 10.2. The molecule has 0 aliphatic rings. The summed E-state index contributed by atoms with van der Waals surface area (Å²) in [5.74, 6) is -0.758. The van der Waals surface area contributed by atoms with E-state index < -0.39 is 0 Å². The van der Waals surface area contributed by atoms with Crippen molar-refractivity contribution in [2.45, 2.75) is 9.79 Å². The maximum atomic E-state index is 10.4. The van der Waals surface area contributed by atoms with Crippen LogP contribution < -0.4 is 11.5 Å². The van der Waals surface area contributed by atoms with Crippen molar-refractivity contribution in [2.24, 2.45) is 11.5 Å². The van der Waals surface area contributed by atoms with Crippen LogP contribution in [0.5, 0.6) is 0 Å². The molecule has 4 aromatic rings. The average Bonchev–Trinajstić information content (AvgIpc) is 2.86. The molecular weight excluding hydrogens is 436 g/mol. The van der Waals surface area contributed by atoms with Crippen molar-refractivity contribution in [1.82, 2.24) is 0 Å². The highest BCUT2D eigenvalue weighted by Crippen LogP contribution is 2.36. The predicted octanol–water partition coefficient (Wildman–Crippen LogP) is 6.06. The molecule has 162 valence electrons. The first-order valence-electron chi connectivity index (χ1n) is 9.70. The second kappa shape index (κ2) is 14.5. The fraction of sp³-hybridized carbons (Fsp3) is 0. The van der Waals surface area contributed by atoms with Gasteiger partial charge >= 0.3 is 0 Å². The molecule has 4 nitrogen and oxygen atoms in total. The Morgan fingerprint density at radius 2 is 0.688 bits per heavy atom. The van der Waals surface area contributed by atoms with Crippen LogP contribution in [0.1, 0.15) is 20.7 Å². The number of hydrogen-bond donors (Lipinski definition) is 2. The standard InChI is InChI=1S/C12H10S2.2C7H7NO/c1-3-7-11(8-4-1)13-14-12-9-5-2-6-10-12;2*8-7(9)6-4-2-1-3-5-6/h1-10H;2*1-5H,(H2,8,9). The Bertz CT molecular complexity index is 973. The Morgan fingerprint density at radius 1 is 0.438 bits per heavy atom. The maximum Gasteiger partial charge on any atom is 0.248 e. The SMILES string of the molecule is NC(=O)c1ccccc1.NC(=O)c1ccccc1.c1ccc(SSc2ccccc2)cc1. The van der Waals surface area contributed by atoms with Crippen molar-refractivity contribution in [1.29, 1.82) is 0 Å². The second-order valence-corrected chi connectivity index (χ2v) is 8.53. The molecule has 0 radical (unpaired) electrons. The van der Waals surface area contributed by atoms with Crippen LogP contribution in [-0.4, -0.2) is 11.8 Å². The first kappa shape index (κ1) is 24.8. The Kier molecular flexibility index (Phi) is 11.2. The third-order valence-electron chi connectivity index (χ3n) is 3.84. The van der Waals surface area contributed by atoms with Gasteiger partial charge in [-0.3, -0.25) is 9.59 Å². The molecule has 2 amide bonds. The van der Waals surface area contributed by atoms with Crippen molar-refractivity contribution in [2.75, 3.05) is 0 Å². The first-order chi connectivity index (χ1) is 15.6. The van der Waals surface area contributed by atoms with Gasteiger partial charge in [0.1, 0.15) is 0 Å². The highest BCUT2D eigenvalue weighted by atomic mass is 33.1. The molecule has 0 aliphatic carbocycles. The van der Waals surface area contributed by atoms with E-state index >= 15 is 0 Å². The minimum atomic E-state index is -0.379. The van der Waals surface area contributed by atoms with Gasteiger partial charge in [-0.05, 0) is 48.5 Å². The lowest BCUT2D eigenvalue weighted by Gasteiger charge is -1.99. The van der Waals surface area contributed by atoms with E-state index in [0.29, 0.717) is 11.1 Å². The van der Waals surface area contributed by atoms with Crippen LogP contribution in [0.15, 0.2) is 131 Å². The van der Waals surface area contributed by atoms with Crippen molar-refractivity contribution >= 4 is 33.4 Å². The number of amides is 2. The Hall–Kier alpha value is -3.48. The van der Waals surface area contributed by atoms with Crippen LogP contribution >= 0.6 is 21.6 Å². The number of benzene rings is 4. The fourth-order valence-electron chi connectivity index (χ4n) is 2.25. The van der Waals surface area contributed by atoms with Gasteiger partial charge in [0.2, 0.25) is 11.8 Å². The molecule has 32 heavy (non-hydrogen) atoms. The van der Waals surface area contributed by atoms with Gasteiger partial charge in [0.05, 0.1) is 0 Å². The number of carbonyl (C=O) groups excluding carboxylic acids is 2. The molecule has 4 N–H and O–H groups in total. The van der Waals surface area contributed by atoms with Gasteiger partial charge < -0.3 is 11.5 Å². The van der Waals surface area contributed by atoms with Gasteiger partial charge in [0.15, 0.2) is 0 Å². The zero-order valence-electron chi connectivity index (χ0n) is 17.3. The van der Waals surface area contributed by atoms with Gasteiger partial charge in [-0.25, -0.2) is 0 Å². The highest BCUT2D eigenvalue weighted by molar-refractivity contribution is 8.76. The van der Waals surface area contributed by atoms with E-state index in [-0.39, 0.29) is 11.8 Å². The average molecular weight is 461 g/mol. The van der Waals surface area contributed by atoms with E-state index in [2.05, 4.69) is 48.5 Å². The quantitative estimate of drug-likeness (QED) is 0.355. The number of nitrogens with two attached hydrogens (primary N) is 2. The summed E-state index contributed by atoms with van der Waals surface area (Å²) in [6, 6.07) is 38.4. The molecule has 0 saturated heterocycles. The van der Waals surface area contributed by atoms with Crippen LogP contribution in [0.2, 0.25) is 0 Å². The number of carbonyl (C=O) groups is 2. The molecule has 4 rings (SSSR count). The summed E-state index contributed by atoms with van der Waals surface area (Å²) in [4.78, 5) is 23.4. The van der Waals surface area contributed by atoms with E-state index in [1.54, 1.807) is 70.1 Å². The van der Waals surface area contributed by atoms with Crippen molar-refractivity contribution in [3.63, 3.8) is 0 Å². The van der Waals surface area contributed by atoms with Crippen molar-refractivity contribution in [3.8, 4) is 0 Å². The molecular formula is C26H24N2O2S2. The third kappa shape index (κ3) is 10.0. The highest BCUT2D eigenvalue weighted by Gasteiger charge is 1.95. The number of hydrogen-bond acceptors (Lipinski definition) is 4. The minimum absolute atomic E-state index is 0.379. The molecule has 0 fully saturated rings. The summed E-state index contributed by atoms with van der Waals surface area (Å²) in [6.07, 6.45) is 0. The van der Waals surface area contributed by atoms with E-state index in [1.807, 2.05) is 24.3 Å². The smallest absolute Gasteiger partial charge is 0.248 e. The van der Waals surface area contributed by atoms with Gasteiger partial charge in [-0.15, -0.1) is 0 Å². The summed E-state index contributed by atoms with van der Waals surface area (Å²) in [5, 5.41) is 0. The molecule has 0 aliphatic heterocycles. The van der Waals surface area contributed by atoms with Crippen molar-refractivity contribution in [3.05, 3.63) is 132 Å². The summed E-state index contributed by atoms with van der Waals surface area (Å²) >= 11 is 0. The van der Waals surface area contributed by atoms with Crippen LogP contribution in [0.25, 0.3) is 0 Å². The molecule has 0 spiro atoms.